The van der Waals surface area contributed by atoms with Crippen LogP contribution in [0, 0.1) is 0 Å². The van der Waals surface area contributed by atoms with Crippen LogP contribution in [0.5, 0.6) is 0 Å². The first-order chi connectivity index (χ1) is 12.7. The van der Waals surface area contributed by atoms with Gasteiger partial charge in [-0.3, -0.25) is 0 Å². The zero-order chi connectivity index (χ0) is 25.0. The molecule has 0 N–H and O–H groups in total. The van der Waals surface area contributed by atoms with Gasteiger partial charge in [0.1, 0.15) is 0 Å². The third-order valence-corrected chi connectivity index (χ3v) is 3.46. The monoisotopic (exact) mass is 486 g/mol. The molecular formula is C12H6F16O2. The van der Waals surface area contributed by atoms with Gasteiger partial charge in [0.15, 0.2) is 0 Å². The van der Waals surface area contributed by atoms with Crippen LogP contribution in [0.2, 0.25) is 0 Å². The summed E-state index contributed by atoms with van der Waals surface area (Å²) in [6.45, 7) is 0.783. The van der Waals surface area contributed by atoms with Gasteiger partial charge in [0, 0.05) is 6.08 Å². The van der Waals surface area contributed by atoms with Gasteiger partial charge in [-0.15, -0.1) is 0 Å². The van der Waals surface area contributed by atoms with Crippen LogP contribution in [0.3, 0.4) is 0 Å². The molecule has 18 heteroatoms. The van der Waals surface area contributed by atoms with Gasteiger partial charge in [-0.1, -0.05) is 6.58 Å². The van der Waals surface area contributed by atoms with Gasteiger partial charge in [0.05, 0.1) is 0 Å². The van der Waals surface area contributed by atoms with E-state index in [1.165, 1.54) is 0 Å². The van der Waals surface area contributed by atoms with Crippen molar-refractivity contribution in [1.82, 2.24) is 0 Å². The third-order valence-electron chi connectivity index (χ3n) is 3.46. The largest absolute Gasteiger partial charge is 0.473 e. The number of halogens is 16. The van der Waals surface area contributed by atoms with Crippen molar-refractivity contribution in [2.45, 2.75) is 54.5 Å². The molecule has 178 valence electrons. The first-order valence-electron chi connectivity index (χ1n) is 6.58. The maximum Gasteiger partial charge on any atom is 0.473 e. The molecule has 0 fully saturated rings. The van der Waals surface area contributed by atoms with Crippen LogP contribution in [0.4, 0.5) is 70.2 Å². The lowest BCUT2D eigenvalue weighted by Gasteiger charge is -2.43. The number of hydrogen-bond donors (Lipinski definition) is 0. The Kier molecular flexibility index (Phi) is 6.61. The maximum atomic E-state index is 13.4. The van der Waals surface area contributed by atoms with Crippen LogP contribution in [0.25, 0.3) is 0 Å². The summed E-state index contributed by atoms with van der Waals surface area (Å²) in [6, 6.07) is 0. The number of rotatable bonds is 8. The number of esters is 1. The Labute approximate surface area is 154 Å². The Morgan fingerprint density at radius 1 is 0.633 bits per heavy atom. The van der Waals surface area contributed by atoms with E-state index in [4.69, 9.17) is 0 Å². The van der Waals surface area contributed by atoms with Crippen LogP contribution in [-0.2, 0) is 9.53 Å². The molecule has 0 rings (SSSR count). The van der Waals surface area contributed by atoms with Crippen molar-refractivity contribution in [3.63, 3.8) is 0 Å². The molecule has 0 amide bonds. The maximum absolute atomic E-state index is 13.4. The Morgan fingerprint density at radius 2 is 0.933 bits per heavy atom. The van der Waals surface area contributed by atoms with Crippen LogP contribution < -0.4 is 0 Å². The average Bonchev–Trinajstić information content (AvgIpc) is 2.51. The van der Waals surface area contributed by atoms with E-state index in [1.54, 1.807) is 0 Å². The molecule has 30 heavy (non-hydrogen) atoms. The second-order valence-corrected chi connectivity index (χ2v) is 5.51. The highest BCUT2D eigenvalue weighted by atomic mass is 19.4. The molecule has 1 atom stereocenters. The molecule has 0 heterocycles. The highest BCUT2D eigenvalue weighted by Crippen LogP contribution is 2.63. The summed E-state index contributed by atoms with van der Waals surface area (Å²) in [5, 5.41) is 0. The van der Waals surface area contributed by atoms with Crippen LogP contribution in [0.15, 0.2) is 12.7 Å². The quantitative estimate of drug-likeness (QED) is 0.247. The van der Waals surface area contributed by atoms with Gasteiger partial charge in [0.25, 0.3) is 5.67 Å². The minimum atomic E-state index is -8.48. The highest BCUT2D eigenvalue weighted by molar-refractivity contribution is 5.81. The second-order valence-electron chi connectivity index (χ2n) is 5.51. The molecule has 0 aliphatic carbocycles. The molecule has 1 unspecified atom stereocenters. The number of hydrogen-bond acceptors (Lipinski definition) is 2. The van der Waals surface area contributed by atoms with E-state index < -0.39 is 66.5 Å². The molecule has 0 saturated carbocycles. The summed E-state index contributed by atoms with van der Waals surface area (Å²) in [6.07, 6.45) is -14.7. The van der Waals surface area contributed by atoms with Crippen molar-refractivity contribution in [1.29, 1.82) is 0 Å². The molecule has 0 aromatic rings. The Balaban J connectivity index is 6.69. The molecular weight excluding hydrogens is 480 g/mol. The Hall–Kier alpha value is -1.91. The minimum Gasteiger partial charge on any atom is -0.393 e. The predicted octanol–water partition coefficient (Wildman–Crippen LogP) is 5.78. The van der Waals surface area contributed by atoms with E-state index in [9.17, 15) is 75.0 Å². The summed E-state index contributed by atoms with van der Waals surface area (Å²) in [4.78, 5) is 10.4. The van der Waals surface area contributed by atoms with E-state index >= 15 is 0 Å². The van der Waals surface area contributed by atoms with Crippen LogP contribution >= 0.6 is 0 Å². The zero-order valence-corrected chi connectivity index (χ0v) is 13.6. The first-order valence-corrected chi connectivity index (χ1v) is 6.58. The van der Waals surface area contributed by atoms with Crippen molar-refractivity contribution < 1.29 is 79.8 Å². The highest BCUT2D eigenvalue weighted by Gasteiger charge is 2.94. The lowest BCUT2D eigenvalue weighted by molar-refractivity contribution is -0.463. The van der Waals surface area contributed by atoms with Gasteiger partial charge < -0.3 is 4.74 Å². The number of carbonyl (C=O) groups excluding carboxylic acids is 1. The van der Waals surface area contributed by atoms with E-state index in [-0.39, 0.29) is 0 Å². The molecule has 0 radical (unpaired) electrons. The van der Waals surface area contributed by atoms with Gasteiger partial charge in [-0.25, -0.2) is 9.18 Å². The van der Waals surface area contributed by atoms with Crippen LogP contribution in [0.1, 0.15) is 6.92 Å². The number of alkyl halides is 16. The first kappa shape index (κ1) is 28.1. The van der Waals surface area contributed by atoms with E-state index in [0.29, 0.717) is 0 Å². The summed E-state index contributed by atoms with van der Waals surface area (Å²) >= 11 is 0. The smallest absolute Gasteiger partial charge is 0.393 e. The van der Waals surface area contributed by atoms with Crippen molar-refractivity contribution in [2.24, 2.45) is 0 Å². The van der Waals surface area contributed by atoms with Crippen molar-refractivity contribution >= 4 is 5.97 Å². The van der Waals surface area contributed by atoms with Crippen LogP contribution in [-0.4, -0.2) is 53.5 Å². The number of ether oxygens (including phenoxy) is 1. The van der Waals surface area contributed by atoms with Crippen molar-refractivity contribution in [3.05, 3.63) is 12.7 Å². The Bertz CT molecular complexity index is 674. The fourth-order valence-electron chi connectivity index (χ4n) is 1.48. The molecule has 0 aliphatic heterocycles. The van der Waals surface area contributed by atoms with Gasteiger partial charge in [-0.05, 0) is 6.92 Å². The lowest BCUT2D eigenvalue weighted by atomic mass is 9.86. The molecule has 0 aromatic carbocycles. The minimum absolute atomic E-state index is 0.430. The zero-order valence-electron chi connectivity index (χ0n) is 13.6. The fraction of sp³-hybridized carbons (Fsp3) is 0.750. The van der Waals surface area contributed by atoms with E-state index in [0.717, 1.165) is 0 Å². The molecule has 0 aromatic heterocycles. The average molecular weight is 486 g/mol. The van der Waals surface area contributed by atoms with Gasteiger partial charge in [0.2, 0.25) is 0 Å². The summed E-state index contributed by atoms with van der Waals surface area (Å²) < 4.78 is 211. The normalized spacial score (nSPS) is 17.4. The molecule has 0 spiro atoms. The molecule has 0 bridgehead atoms. The lowest BCUT2D eigenvalue weighted by Crippen LogP contribution is -2.74. The summed E-state index contributed by atoms with van der Waals surface area (Å²) in [7, 11) is 0. The van der Waals surface area contributed by atoms with E-state index in [1.807, 2.05) is 0 Å². The van der Waals surface area contributed by atoms with Crippen molar-refractivity contribution in [3.8, 4) is 0 Å². The van der Waals surface area contributed by atoms with E-state index in [2.05, 4.69) is 11.3 Å². The third kappa shape index (κ3) is 3.54. The summed E-state index contributed by atoms with van der Waals surface area (Å²) in [5.74, 6) is -43.7. The summed E-state index contributed by atoms with van der Waals surface area (Å²) in [5.41, 5.74) is -6.74. The molecule has 0 saturated heterocycles. The molecule has 0 aliphatic rings. The van der Waals surface area contributed by atoms with Crippen molar-refractivity contribution in [2.75, 3.05) is 0 Å². The topological polar surface area (TPSA) is 26.3 Å². The Morgan fingerprint density at radius 3 is 1.23 bits per heavy atom. The number of carbonyl (C=O) groups is 1. The molecule has 2 nitrogen and oxygen atoms in total. The SMILES string of the molecule is C=CC(=O)OC(F)(F)C(F)(F)C(F)(F)C(F)(F)C(F)(F)C(F)(F)C(C)(F)C(F)(F)F. The second kappa shape index (κ2) is 7.06. The predicted molar refractivity (Wildman–Crippen MR) is 61.5 cm³/mol. The van der Waals surface area contributed by atoms with Gasteiger partial charge >= 0.3 is 47.9 Å². The van der Waals surface area contributed by atoms with Gasteiger partial charge in [-0.2, -0.15) is 65.9 Å². The fourth-order valence-corrected chi connectivity index (χ4v) is 1.48. The standard InChI is InChI=1S/C12H6F16O2/c1-3-4(29)30-12(27,28)10(22,23)9(20,21)8(18,19)7(16,17)6(14,15)5(2,13)11(24,25)26/h3H,1H2,2H3.